The van der Waals surface area contributed by atoms with Gasteiger partial charge in [-0.2, -0.15) is 0 Å². The van der Waals surface area contributed by atoms with Crippen LogP contribution in [0.4, 0.5) is 0 Å². The fourth-order valence-corrected chi connectivity index (χ4v) is 1.79. The Hall–Kier alpha value is -1.89. The van der Waals surface area contributed by atoms with Crippen LogP contribution in [0.2, 0.25) is 0 Å². The van der Waals surface area contributed by atoms with E-state index in [0.717, 1.165) is 0 Å². The lowest BCUT2D eigenvalue weighted by molar-refractivity contribution is 0.0597. The highest BCUT2D eigenvalue weighted by Gasteiger charge is 2.21. The molecule has 0 unspecified atom stereocenters. The molecule has 0 bridgehead atoms. The molecule has 2 rings (SSSR count). The van der Waals surface area contributed by atoms with Crippen LogP contribution < -0.4 is 0 Å². The van der Waals surface area contributed by atoms with Crippen LogP contribution in [0.5, 0.6) is 0 Å². The van der Waals surface area contributed by atoms with E-state index in [0.29, 0.717) is 9.99 Å². The number of rotatable bonds is 2. The highest BCUT2D eigenvalue weighted by atomic mass is 79.9. The average Bonchev–Trinajstić information content (AvgIpc) is 2.66. The van der Waals surface area contributed by atoms with E-state index in [2.05, 4.69) is 25.7 Å². The molecule has 0 saturated heterocycles. The molecule has 6 nitrogen and oxygen atoms in total. The smallest absolute Gasteiger partial charge is 0.372 e. The molecule has 88 valence electrons. The van der Waals surface area contributed by atoms with E-state index in [1.54, 1.807) is 12.1 Å². The zero-order valence-electron chi connectivity index (χ0n) is 8.68. The second-order valence-electron chi connectivity index (χ2n) is 3.18. The molecular formula is C10H7BrN2O4. The Labute approximate surface area is 104 Å². The van der Waals surface area contributed by atoms with Crippen LogP contribution in [0.15, 0.2) is 22.8 Å². The first-order chi connectivity index (χ1) is 8.04. The summed E-state index contributed by atoms with van der Waals surface area (Å²) in [4.78, 5) is 26.2. The summed E-state index contributed by atoms with van der Waals surface area (Å²) in [6.07, 6.45) is 1.53. The van der Waals surface area contributed by atoms with Gasteiger partial charge in [-0.3, -0.25) is 4.40 Å². The maximum atomic E-state index is 11.4. The number of fused-ring (bicyclic) bond motifs is 1. The topological polar surface area (TPSA) is 80.9 Å². The van der Waals surface area contributed by atoms with Crippen LogP contribution >= 0.6 is 15.9 Å². The highest BCUT2D eigenvalue weighted by Crippen LogP contribution is 2.18. The van der Waals surface area contributed by atoms with E-state index >= 15 is 0 Å². The Balaban J connectivity index is 2.79. The van der Waals surface area contributed by atoms with Gasteiger partial charge >= 0.3 is 11.9 Å². The van der Waals surface area contributed by atoms with Gasteiger partial charge in [-0.25, -0.2) is 14.6 Å². The quantitative estimate of drug-likeness (QED) is 0.852. The standard InChI is InChI=1S/C10H7BrN2O4/c1-17-10(16)7-6-3-2-5(11)4-13(6)8(12-7)9(14)15/h2-4H,1H3,(H,14,15). The monoisotopic (exact) mass is 298 g/mol. The van der Waals surface area contributed by atoms with Crippen LogP contribution in [0.25, 0.3) is 5.52 Å². The molecule has 2 aromatic rings. The molecule has 0 amide bonds. The molecule has 2 aromatic heterocycles. The van der Waals surface area contributed by atoms with Gasteiger partial charge in [-0.1, -0.05) is 0 Å². The summed E-state index contributed by atoms with van der Waals surface area (Å²) < 4.78 is 6.55. The zero-order chi connectivity index (χ0) is 12.6. The van der Waals surface area contributed by atoms with Crippen LogP contribution in [-0.4, -0.2) is 33.5 Å². The maximum absolute atomic E-state index is 11.4. The molecule has 7 heteroatoms. The van der Waals surface area contributed by atoms with Gasteiger partial charge in [0.1, 0.15) is 0 Å². The lowest BCUT2D eigenvalue weighted by atomic mass is 10.3. The number of aromatic carboxylic acids is 1. The molecule has 0 saturated carbocycles. The number of pyridine rings is 1. The summed E-state index contributed by atoms with van der Waals surface area (Å²) >= 11 is 3.22. The van der Waals surface area contributed by atoms with Gasteiger partial charge in [0.05, 0.1) is 12.6 Å². The number of ether oxygens (including phenoxy) is 1. The van der Waals surface area contributed by atoms with Crippen molar-refractivity contribution in [2.24, 2.45) is 0 Å². The van der Waals surface area contributed by atoms with Crippen molar-refractivity contribution in [3.63, 3.8) is 0 Å². The fourth-order valence-electron chi connectivity index (χ4n) is 1.46. The van der Waals surface area contributed by atoms with Gasteiger partial charge < -0.3 is 9.84 Å². The summed E-state index contributed by atoms with van der Waals surface area (Å²) in [5.41, 5.74) is 0.370. The van der Waals surface area contributed by atoms with Gasteiger partial charge in [0.15, 0.2) is 5.69 Å². The number of halogens is 1. The molecule has 0 aliphatic carbocycles. The largest absolute Gasteiger partial charge is 0.475 e. The van der Waals surface area contributed by atoms with Gasteiger partial charge in [0.25, 0.3) is 0 Å². The molecule has 0 aliphatic rings. The number of methoxy groups -OCH3 is 1. The number of esters is 1. The minimum absolute atomic E-state index is 0.0163. The first kappa shape index (κ1) is 11.6. The summed E-state index contributed by atoms with van der Waals surface area (Å²) in [6.45, 7) is 0. The van der Waals surface area contributed by atoms with Crippen molar-refractivity contribution >= 4 is 33.4 Å². The van der Waals surface area contributed by atoms with Crippen LogP contribution in [0.3, 0.4) is 0 Å². The summed E-state index contributed by atoms with van der Waals surface area (Å²) in [6, 6.07) is 3.28. The van der Waals surface area contributed by atoms with Crippen molar-refractivity contribution in [3.8, 4) is 0 Å². The van der Waals surface area contributed by atoms with Crippen molar-refractivity contribution in [1.82, 2.24) is 9.38 Å². The Kier molecular flexibility index (Phi) is 2.84. The van der Waals surface area contributed by atoms with Crippen molar-refractivity contribution in [2.45, 2.75) is 0 Å². The molecule has 0 aliphatic heterocycles. The van der Waals surface area contributed by atoms with Crippen molar-refractivity contribution in [1.29, 1.82) is 0 Å². The Morgan fingerprint density at radius 1 is 1.47 bits per heavy atom. The Morgan fingerprint density at radius 3 is 2.76 bits per heavy atom. The first-order valence-electron chi connectivity index (χ1n) is 4.54. The van der Waals surface area contributed by atoms with Crippen LogP contribution in [0.1, 0.15) is 21.1 Å². The number of aromatic nitrogens is 2. The minimum atomic E-state index is -1.21. The normalized spacial score (nSPS) is 10.5. The maximum Gasteiger partial charge on any atom is 0.372 e. The van der Waals surface area contributed by atoms with E-state index in [9.17, 15) is 9.59 Å². The predicted molar refractivity (Wildman–Crippen MR) is 61.2 cm³/mol. The number of hydrogen-bond donors (Lipinski definition) is 1. The predicted octanol–water partition coefficient (Wildman–Crippen LogP) is 1.58. The molecule has 0 spiro atoms. The Morgan fingerprint density at radius 2 is 2.18 bits per heavy atom. The van der Waals surface area contributed by atoms with Crippen LogP contribution in [-0.2, 0) is 4.74 Å². The zero-order valence-corrected chi connectivity index (χ0v) is 10.3. The third-order valence-electron chi connectivity index (χ3n) is 2.17. The molecule has 1 N–H and O–H groups in total. The highest BCUT2D eigenvalue weighted by molar-refractivity contribution is 9.10. The number of carbonyl (C=O) groups excluding carboxylic acids is 1. The van der Waals surface area contributed by atoms with Crippen LogP contribution in [0, 0.1) is 0 Å². The molecule has 0 fully saturated rings. The third-order valence-corrected chi connectivity index (χ3v) is 2.64. The van der Waals surface area contributed by atoms with Crippen molar-refractivity contribution in [3.05, 3.63) is 34.3 Å². The van der Waals surface area contributed by atoms with E-state index in [-0.39, 0.29) is 11.5 Å². The van der Waals surface area contributed by atoms with E-state index in [1.165, 1.54) is 17.7 Å². The van der Waals surface area contributed by atoms with Crippen molar-refractivity contribution < 1.29 is 19.4 Å². The summed E-state index contributed by atoms with van der Waals surface area (Å²) in [5, 5.41) is 8.99. The van der Waals surface area contributed by atoms with E-state index in [1.807, 2.05) is 0 Å². The average molecular weight is 299 g/mol. The number of carboxylic acids is 1. The van der Waals surface area contributed by atoms with Gasteiger partial charge in [0.2, 0.25) is 5.82 Å². The number of carbonyl (C=O) groups is 2. The lowest BCUT2D eigenvalue weighted by Gasteiger charge is -1.98. The first-order valence-corrected chi connectivity index (χ1v) is 5.33. The van der Waals surface area contributed by atoms with Crippen molar-refractivity contribution in [2.75, 3.05) is 7.11 Å². The van der Waals surface area contributed by atoms with E-state index < -0.39 is 11.9 Å². The minimum Gasteiger partial charge on any atom is -0.475 e. The van der Waals surface area contributed by atoms with Gasteiger partial charge in [0, 0.05) is 10.7 Å². The molecule has 17 heavy (non-hydrogen) atoms. The van der Waals surface area contributed by atoms with Gasteiger partial charge in [-0.15, -0.1) is 0 Å². The second kappa shape index (κ2) is 4.17. The number of hydrogen-bond acceptors (Lipinski definition) is 4. The number of imidazole rings is 1. The molecule has 0 aromatic carbocycles. The Bertz CT molecular complexity index is 620. The molecule has 0 radical (unpaired) electrons. The van der Waals surface area contributed by atoms with Gasteiger partial charge in [-0.05, 0) is 28.1 Å². The molecular weight excluding hydrogens is 292 g/mol. The second-order valence-corrected chi connectivity index (χ2v) is 4.10. The summed E-state index contributed by atoms with van der Waals surface area (Å²) in [5.74, 6) is -2.12. The summed E-state index contributed by atoms with van der Waals surface area (Å²) in [7, 11) is 1.22. The van der Waals surface area contributed by atoms with E-state index in [4.69, 9.17) is 5.11 Å². The SMILES string of the molecule is COC(=O)c1nc(C(=O)O)n2cc(Br)ccc12. The molecule has 0 atom stereocenters. The lowest BCUT2D eigenvalue weighted by Crippen LogP contribution is -2.04. The molecule has 2 heterocycles. The number of nitrogens with zero attached hydrogens (tertiary/aromatic N) is 2. The fraction of sp³-hybridized carbons (Fsp3) is 0.100. The number of carboxylic acid groups (broad SMARTS) is 1. The third kappa shape index (κ3) is 1.89.